The van der Waals surface area contributed by atoms with E-state index in [2.05, 4.69) is 4.98 Å². The molecule has 19 heavy (non-hydrogen) atoms. The number of carboxylic acids is 1. The highest BCUT2D eigenvalue weighted by molar-refractivity contribution is 7.98. The van der Waals surface area contributed by atoms with Gasteiger partial charge in [0.1, 0.15) is 5.69 Å². The molecule has 4 nitrogen and oxygen atoms in total. The predicted molar refractivity (Wildman–Crippen MR) is 75.4 cm³/mol. The molecule has 3 heterocycles. The number of carboxylic acid groups (broad SMARTS) is 1. The maximum atomic E-state index is 12.3. The van der Waals surface area contributed by atoms with Crippen LogP contribution in [0.1, 0.15) is 36.2 Å². The topological polar surface area (TPSA) is 70.2 Å². The number of aromatic carboxylic acids is 1. The van der Waals surface area contributed by atoms with Crippen molar-refractivity contribution in [2.24, 2.45) is 0 Å². The summed E-state index contributed by atoms with van der Waals surface area (Å²) in [5.41, 5.74) is 1.70. The summed E-state index contributed by atoms with van der Waals surface area (Å²) >= 11 is 3.41. The Morgan fingerprint density at radius 2 is 2.16 bits per heavy atom. The molecule has 0 saturated carbocycles. The number of fused-ring (bicyclic) bond motifs is 1. The van der Waals surface area contributed by atoms with Gasteiger partial charge in [-0.3, -0.25) is 4.79 Å². The van der Waals surface area contributed by atoms with Gasteiger partial charge in [-0.15, -0.1) is 11.3 Å². The summed E-state index contributed by atoms with van der Waals surface area (Å²) in [6.07, 6.45) is 2.48. The van der Waals surface area contributed by atoms with Crippen LogP contribution in [-0.4, -0.2) is 27.6 Å². The summed E-state index contributed by atoms with van der Waals surface area (Å²) in [6.45, 7) is 0. The van der Waals surface area contributed by atoms with Crippen LogP contribution in [0.25, 0.3) is 0 Å². The Morgan fingerprint density at radius 3 is 2.84 bits per heavy atom. The standard InChI is InChI=1S/C13H11NO3S2/c15-12(7-3-9(13(16)17)14-5-7)11-4-8-6-18-2-1-10(8)19-11/h3-5,14H,1-2,6H2,(H,16,17). The van der Waals surface area contributed by atoms with Gasteiger partial charge in [0.2, 0.25) is 5.78 Å². The molecule has 0 spiro atoms. The van der Waals surface area contributed by atoms with E-state index >= 15 is 0 Å². The van der Waals surface area contributed by atoms with Crippen LogP contribution in [0, 0.1) is 0 Å². The highest BCUT2D eigenvalue weighted by Gasteiger charge is 2.20. The Kier molecular flexibility index (Phi) is 3.20. The zero-order valence-corrected chi connectivity index (χ0v) is 11.6. The minimum Gasteiger partial charge on any atom is -0.477 e. The van der Waals surface area contributed by atoms with Gasteiger partial charge in [-0.25, -0.2) is 4.79 Å². The molecule has 0 aliphatic carbocycles. The molecule has 0 unspecified atom stereocenters. The molecule has 0 atom stereocenters. The second-order valence-corrected chi connectivity index (χ2v) is 6.54. The van der Waals surface area contributed by atoms with Crippen molar-refractivity contribution >= 4 is 34.9 Å². The van der Waals surface area contributed by atoms with Crippen LogP contribution in [0.2, 0.25) is 0 Å². The van der Waals surface area contributed by atoms with E-state index < -0.39 is 5.97 Å². The number of aromatic nitrogens is 1. The number of aromatic amines is 1. The van der Waals surface area contributed by atoms with Crippen molar-refractivity contribution in [1.29, 1.82) is 0 Å². The Bertz CT molecular complexity index is 633. The van der Waals surface area contributed by atoms with Gasteiger partial charge in [-0.2, -0.15) is 11.8 Å². The molecule has 3 rings (SSSR count). The van der Waals surface area contributed by atoms with E-state index in [1.807, 2.05) is 17.8 Å². The van der Waals surface area contributed by atoms with Crippen molar-refractivity contribution in [2.75, 3.05) is 5.75 Å². The zero-order valence-electron chi connectivity index (χ0n) is 9.93. The third-order valence-electron chi connectivity index (χ3n) is 3.03. The molecule has 6 heteroatoms. The Balaban J connectivity index is 1.90. The largest absolute Gasteiger partial charge is 0.477 e. The molecule has 0 radical (unpaired) electrons. The van der Waals surface area contributed by atoms with Crippen molar-refractivity contribution in [3.63, 3.8) is 0 Å². The van der Waals surface area contributed by atoms with Crippen LogP contribution in [0.15, 0.2) is 18.3 Å². The monoisotopic (exact) mass is 293 g/mol. The normalized spacial score (nSPS) is 14.1. The van der Waals surface area contributed by atoms with Gasteiger partial charge in [0.15, 0.2) is 0 Å². The first-order valence-corrected chi connectivity index (χ1v) is 7.78. The molecule has 0 amide bonds. The minimum absolute atomic E-state index is 0.0419. The highest BCUT2D eigenvalue weighted by Crippen LogP contribution is 2.32. The number of hydrogen-bond acceptors (Lipinski definition) is 4. The number of carbonyl (C=O) groups is 2. The van der Waals surface area contributed by atoms with Gasteiger partial charge in [-0.1, -0.05) is 0 Å². The SMILES string of the molecule is O=C(O)c1cc(C(=O)c2cc3c(s2)CCSC3)c[nH]1. The molecule has 2 N–H and O–H groups in total. The van der Waals surface area contributed by atoms with E-state index in [0.29, 0.717) is 10.4 Å². The Labute approximate surface area is 117 Å². The van der Waals surface area contributed by atoms with E-state index in [0.717, 1.165) is 17.9 Å². The van der Waals surface area contributed by atoms with E-state index in [9.17, 15) is 9.59 Å². The van der Waals surface area contributed by atoms with Gasteiger partial charge in [0.25, 0.3) is 0 Å². The number of ketones is 1. The van der Waals surface area contributed by atoms with E-state index in [-0.39, 0.29) is 11.5 Å². The van der Waals surface area contributed by atoms with Gasteiger partial charge in [-0.05, 0) is 29.9 Å². The lowest BCUT2D eigenvalue weighted by Crippen LogP contribution is -1.97. The number of rotatable bonds is 3. The van der Waals surface area contributed by atoms with Crippen molar-refractivity contribution < 1.29 is 14.7 Å². The summed E-state index contributed by atoms with van der Waals surface area (Å²) in [6, 6.07) is 3.33. The molecule has 0 bridgehead atoms. The summed E-state index contributed by atoms with van der Waals surface area (Å²) in [5.74, 6) is 0.912. The first-order chi connectivity index (χ1) is 9.15. The molecule has 0 saturated heterocycles. The van der Waals surface area contributed by atoms with Crippen LogP contribution in [0.5, 0.6) is 0 Å². The number of hydrogen-bond donors (Lipinski definition) is 2. The zero-order chi connectivity index (χ0) is 13.4. The first-order valence-electron chi connectivity index (χ1n) is 5.81. The van der Waals surface area contributed by atoms with Crippen LogP contribution in [0.3, 0.4) is 0 Å². The lowest BCUT2D eigenvalue weighted by molar-refractivity contribution is 0.0691. The molecule has 0 fully saturated rings. The molecule has 2 aromatic rings. The Morgan fingerprint density at radius 1 is 1.32 bits per heavy atom. The highest BCUT2D eigenvalue weighted by atomic mass is 32.2. The third-order valence-corrected chi connectivity index (χ3v) is 5.27. The maximum absolute atomic E-state index is 12.3. The van der Waals surface area contributed by atoms with Crippen molar-refractivity contribution in [3.8, 4) is 0 Å². The molecular formula is C13H11NO3S2. The van der Waals surface area contributed by atoms with Crippen LogP contribution in [0.4, 0.5) is 0 Å². The van der Waals surface area contributed by atoms with Crippen molar-refractivity contribution in [2.45, 2.75) is 12.2 Å². The summed E-state index contributed by atoms with van der Waals surface area (Å²) in [7, 11) is 0. The maximum Gasteiger partial charge on any atom is 0.352 e. The summed E-state index contributed by atoms with van der Waals surface area (Å²) in [4.78, 5) is 27.7. The number of nitrogens with one attached hydrogen (secondary N) is 1. The molecule has 0 aromatic carbocycles. The number of thioether (sulfide) groups is 1. The first kappa shape index (κ1) is 12.5. The third kappa shape index (κ3) is 2.33. The number of carbonyl (C=O) groups excluding carboxylic acids is 1. The minimum atomic E-state index is -1.05. The van der Waals surface area contributed by atoms with Crippen LogP contribution >= 0.6 is 23.1 Å². The fraction of sp³-hybridized carbons (Fsp3) is 0.231. The lowest BCUT2D eigenvalue weighted by Gasteiger charge is -2.08. The number of thiophene rings is 1. The van der Waals surface area contributed by atoms with Crippen molar-refractivity contribution in [3.05, 3.63) is 44.9 Å². The molecule has 1 aliphatic heterocycles. The van der Waals surface area contributed by atoms with E-state index in [1.54, 1.807) is 0 Å². The van der Waals surface area contributed by atoms with Crippen LogP contribution < -0.4 is 0 Å². The average molecular weight is 293 g/mol. The second-order valence-electron chi connectivity index (χ2n) is 4.30. The predicted octanol–water partition coefficient (Wildman–Crippen LogP) is 2.79. The van der Waals surface area contributed by atoms with Gasteiger partial charge >= 0.3 is 5.97 Å². The lowest BCUT2D eigenvalue weighted by atomic mass is 10.1. The second kappa shape index (κ2) is 4.86. The quantitative estimate of drug-likeness (QED) is 0.854. The van der Waals surface area contributed by atoms with Gasteiger partial charge in [0, 0.05) is 22.4 Å². The fourth-order valence-electron chi connectivity index (χ4n) is 2.05. The molecule has 98 valence electrons. The molecule has 1 aliphatic rings. The van der Waals surface area contributed by atoms with Crippen LogP contribution in [-0.2, 0) is 12.2 Å². The van der Waals surface area contributed by atoms with E-state index in [4.69, 9.17) is 5.11 Å². The van der Waals surface area contributed by atoms with Crippen molar-refractivity contribution in [1.82, 2.24) is 4.98 Å². The van der Waals surface area contributed by atoms with Gasteiger partial charge in [0.05, 0.1) is 4.88 Å². The smallest absolute Gasteiger partial charge is 0.352 e. The van der Waals surface area contributed by atoms with E-state index in [1.165, 1.54) is 34.0 Å². The summed E-state index contributed by atoms with van der Waals surface area (Å²) in [5, 5.41) is 8.84. The summed E-state index contributed by atoms with van der Waals surface area (Å²) < 4.78 is 0. The molecular weight excluding hydrogens is 282 g/mol. The molecule has 2 aromatic heterocycles. The Hall–Kier alpha value is -1.53. The number of aryl methyl sites for hydroxylation is 1. The van der Waals surface area contributed by atoms with Gasteiger partial charge < -0.3 is 10.1 Å². The average Bonchev–Trinajstić information content (AvgIpc) is 3.04. The number of H-pyrrole nitrogens is 1. The fourth-order valence-corrected chi connectivity index (χ4v) is 4.38.